The normalized spacial score (nSPS) is 11.4. The molecular formula is C22H17N5O2. The maximum Gasteiger partial charge on any atom is 0.251 e. The summed E-state index contributed by atoms with van der Waals surface area (Å²) in [4.78, 5) is 21.1. The zero-order valence-corrected chi connectivity index (χ0v) is 15.9. The lowest BCUT2D eigenvalue weighted by Gasteiger charge is -2.04. The van der Waals surface area contributed by atoms with Crippen molar-refractivity contribution in [2.24, 2.45) is 12.8 Å². The maximum absolute atomic E-state index is 11.9. The number of carbonyl (C=O) groups excluding carboxylic acids is 1. The van der Waals surface area contributed by atoms with Crippen molar-refractivity contribution in [3.63, 3.8) is 0 Å². The number of carbonyl (C=O) groups is 1. The standard InChI is InChI=1S/C22H17N5O2/c1-12-6-7-18-20(19(12)21(23)28)26-22(29-18)15-5-3-4-13-8-17(24-10-16(13)15)14-9-25-27(2)11-14/h3-11H,1-2H3,(H2,23,28). The molecule has 7 heteroatoms. The van der Waals surface area contributed by atoms with Crippen LogP contribution in [0.2, 0.25) is 0 Å². The second-order valence-corrected chi connectivity index (χ2v) is 6.99. The fraction of sp³-hybridized carbons (Fsp3) is 0.0909. The lowest BCUT2D eigenvalue weighted by molar-refractivity contribution is 0.100. The number of benzene rings is 2. The number of nitrogens with zero attached hydrogens (tertiary/aromatic N) is 4. The minimum atomic E-state index is -0.520. The number of rotatable bonds is 3. The molecule has 5 aromatic rings. The smallest absolute Gasteiger partial charge is 0.251 e. The summed E-state index contributed by atoms with van der Waals surface area (Å²) in [6.45, 7) is 1.83. The number of amides is 1. The molecule has 7 nitrogen and oxygen atoms in total. The van der Waals surface area contributed by atoms with Gasteiger partial charge in [-0.3, -0.25) is 14.5 Å². The number of oxazole rings is 1. The van der Waals surface area contributed by atoms with E-state index >= 15 is 0 Å². The average Bonchev–Trinajstić information content (AvgIpc) is 3.32. The third-order valence-electron chi connectivity index (χ3n) is 5.01. The predicted octanol–water partition coefficient (Wildman–Crippen LogP) is 3.85. The molecule has 0 aliphatic rings. The molecule has 2 aromatic carbocycles. The van der Waals surface area contributed by atoms with Crippen molar-refractivity contribution in [1.82, 2.24) is 19.7 Å². The van der Waals surface area contributed by atoms with Crippen molar-refractivity contribution >= 4 is 27.8 Å². The van der Waals surface area contributed by atoms with E-state index in [1.54, 1.807) is 16.9 Å². The average molecular weight is 383 g/mol. The van der Waals surface area contributed by atoms with Crippen molar-refractivity contribution in [1.29, 1.82) is 0 Å². The first-order valence-electron chi connectivity index (χ1n) is 9.09. The van der Waals surface area contributed by atoms with Crippen LogP contribution in [0.1, 0.15) is 15.9 Å². The summed E-state index contributed by atoms with van der Waals surface area (Å²) >= 11 is 0. The third kappa shape index (κ3) is 2.75. The zero-order valence-electron chi connectivity index (χ0n) is 15.9. The lowest BCUT2D eigenvalue weighted by atomic mass is 10.0. The Bertz CT molecular complexity index is 1410. The largest absolute Gasteiger partial charge is 0.436 e. The first kappa shape index (κ1) is 17.1. The van der Waals surface area contributed by atoms with Crippen LogP contribution < -0.4 is 5.73 Å². The summed E-state index contributed by atoms with van der Waals surface area (Å²) in [5.41, 5.74) is 10.3. The number of aromatic nitrogens is 4. The van der Waals surface area contributed by atoms with Crippen LogP contribution >= 0.6 is 0 Å². The van der Waals surface area contributed by atoms with E-state index in [1.807, 2.05) is 56.7 Å². The molecule has 142 valence electrons. The summed E-state index contributed by atoms with van der Waals surface area (Å²) in [5.74, 6) is -0.0942. The number of hydrogen-bond acceptors (Lipinski definition) is 5. The first-order chi connectivity index (χ1) is 14.0. The van der Waals surface area contributed by atoms with Crippen molar-refractivity contribution in [2.75, 3.05) is 0 Å². The van der Waals surface area contributed by atoms with E-state index in [1.165, 1.54) is 0 Å². The van der Waals surface area contributed by atoms with E-state index < -0.39 is 5.91 Å². The van der Waals surface area contributed by atoms with Gasteiger partial charge in [-0.2, -0.15) is 5.10 Å². The Morgan fingerprint density at radius 2 is 2.03 bits per heavy atom. The van der Waals surface area contributed by atoms with Gasteiger partial charge in [0, 0.05) is 36.0 Å². The number of fused-ring (bicyclic) bond motifs is 2. The van der Waals surface area contributed by atoms with Crippen molar-refractivity contribution in [2.45, 2.75) is 6.92 Å². The lowest BCUT2D eigenvalue weighted by Crippen LogP contribution is -2.13. The van der Waals surface area contributed by atoms with Gasteiger partial charge in [-0.25, -0.2) is 4.98 Å². The molecule has 2 N–H and O–H groups in total. The number of aryl methyl sites for hydroxylation is 2. The van der Waals surface area contributed by atoms with Gasteiger partial charge in [-0.15, -0.1) is 0 Å². The molecule has 0 saturated carbocycles. The Morgan fingerprint density at radius 3 is 2.79 bits per heavy atom. The van der Waals surface area contributed by atoms with Crippen molar-refractivity contribution in [3.05, 3.63) is 66.1 Å². The molecule has 5 rings (SSSR count). The highest BCUT2D eigenvalue weighted by atomic mass is 16.3. The number of pyridine rings is 1. The number of hydrogen-bond donors (Lipinski definition) is 1. The third-order valence-corrected chi connectivity index (χ3v) is 5.01. The van der Waals surface area contributed by atoms with Crippen LogP contribution in [0, 0.1) is 6.92 Å². The minimum Gasteiger partial charge on any atom is -0.436 e. The van der Waals surface area contributed by atoms with E-state index in [9.17, 15) is 4.79 Å². The fourth-order valence-electron chi connectivity index (χ4n) is 3.59. The quantitative estimate of drug-likeness (QED) is 0.510. The molecule has 0 radical (unpaired) electrons. The molecule has 3 heterocycles. The molecule has 0 aliphatic heterocycles. The van der Waals surface area contributed by atoms with Gasteiger partial charge < -0.3 is 10.2 Å². The van der Waals surface area contributed by atoms with Crippen molar-refractivity contribution < 1.29 is 9.21 Å². The van der Waals surface area contributed by atoms with E-state index in [0.29, 0.717) is 22.6 Å². The van der Waals surface area contributed by atoms with Crippen LogP contribution in [0.25, 0.3) is 44.6 Å². The van der Waals surface area contributed by atoms with Gasteiger partial charge in [-0.05, 0) is 36.1 Å². The number of primary amides is 1. The van der Waals surface area contributed by atoms with Crippen LogP contribution in [-0.4, -0.2) is 25.7 Å². The molecule has 1 amide bonds. The summed E-state index contributed by atoms with van der Waals surface area (Å²) in [6, 6.07) is 11.5. The zero-order chi connectivity index (χ0) is 20.1. The van der Waals surface area contributed by atoms with Gasteiger partial charge in [-0.1, -0.05) is 18.2 Å². The molecule has 0 spiro atoms. The Kier molecular flexibility index (Phi) is 3.70. The van der Waals surface area contributed by atoms with Gasteiger partial charge in [0.05, 0.1) is 17.5 Å². The van der Waals surface area contributed by atoms with Gasteiger partial charge in [0.15, 0.2) is 5.58 Å². The van der Waals surface area contributed by atoms with E-state index in [2.05, 4.69) is 15.1 Å². The van der Waals surface area contributed by atoms with Crippen LogP contribution in [0.5, 0.6) is 0 Å². The van der Waals surface area contributed by atoms with E-state index in [-0.39, 0.29) is 0 Å². The highest BCUT2D eigenvalue weighted by molar-refractivity contribution is 6.06. The van der Waals surface area contributed by atoms with Crippen LogP contribution in [0.3, 0.4) is 0 Å². The summed E-state index contributed by atoms with van der Waals surface area (Å²) in [7, 11) is 1.87. The van der Waals surface area contributed by atoms with E-state index in [0.717, 1.165) is 33.2 Å². The molecule has 0 atom stereocenters. The Morgan fingerprint density at radius 1 is 1.17 bits per heavy atom. The van der Waals surface area contributed by atoms with E-state index in [4.69, 9.17) is 10.2 Å². The molecule has 0 unspecified atom stereocenters. The second kappa shape index (κ2) is 6.27. The van der Waals surface area contributed by atoms with Crippen LogP contribution in [0.4, 0.5) is 0 Å². The van der Waals surface area contributed by atoms with Gasteiger partial charge in [0.1, 0.15) is 5.52 Å². The molecule has 0 bridgehead atoms. The molecule has 0 aliphatic carbocycles. The summed E-state index contributed by atoms with van der Waals surface area (Å²) in [5, 5.41) is 6.12. The van der Waals surface area contributed by atoms with Gasteiger partial charge >= 0.3 is 0 Å². The topological polar surface area (TPSA) is 99.8 Å². The summed E-state index contributed by atoms with van der Waals surface area (Å²) in [6.07, 6.45) is 5.52. The molecule has 0 fully saturated rings. The maximum atomic E-state index is 11.9. The predicted molar refractivity (Wildman–Crippen MR) is 110 cm³/mol. The molecule has 3 aromatic heterocycles. The van der Waals surface area contributed by atoms with Crippen molar-refractivity contribution in [3.8, 4) is 22.7 Å². The SMILES string of the molecule is Cc1ccc2oc(-c3cccc4cc(-c5cnn(C)c5)ncc34)nc2c1C(N)=O. The summed E-state index contributed by atoms with van der Waals surface area (Å²) < 4.78 is 7.71. The molecule has 29 heavy (non-hydrogen) atoms. The second-order valence-electron chi connectivity index (χ2n) is 6.99. The fourth-order valence-corrected chi connectivity index (χ4v) is 3.59. The van der Waals surface area contributed by atoms with Crippen LogP contribution in [-0.2, 0) is 7.05 Å². The van der Waals surface area contributed by atoms with Gasteiger partial charge in [0.2, 0.25) is 5.89 Å². The highest BCUT2D eigenvalue weighted by Gasteiger charge is 2.18. The van der Waals surface area contributed by atoms with Crippen LogP contribution in [0.15, 0.2) is 59.4 Å². The number of nitrogens with two attached hydrogens (primary N) is 1. The monoisotopic (exact) mass is 383 g/mol. The minimum absolute atomic E-state index is 0.384. The highest BCUT2D eigenvalue weighted by Crippen LogP contribution is 2.33. The Labute approximate surface area is 165 Å². The Balaban J connectivity index is 1.69. The Hall–Kier alpha value is -4.00. The molecule has 0 saturated heterocycles. The molecular weight excluding hydrogens is 366 g/mol. The van der Waals surface area contributed by atoms with Gasteiger partial charge in [0.25, 0.3) is 5.91 Å². The first-order valence-corrected chi connectivity index (χ1v) is 9.09.